The highest BCUT2D eigenvalue weighted by atomic mass is 32.2. The van der Waals surface area contributed by atoms with Gasteiger partial charge in [-0.05, 0) is 72.8 Å². The van der Waals surface area contributed by atoms with Gasteiger partial charge in [-0.1, -0.05) is 30.3 Å². The number of carbonyl (C=O) groups is 4. The van der Waals surface area contributed by atoms with Gasteiger partial charge in [0.05, 0.1) is 25.4 Å². The molecule has 1 aromatic heterocycles. The van der Waals surface area contributed by atoms with Crippen molar-refractivity contribution in [1.82, 2.24) is 25.4 Å². The number of H-pyrrole nitrogens is 1. The van der Waals surface area contributed by atoms with Gasteiger partial charge in [-0.3, -0.25) is 24.5 Å². The van der Waals surface area contributed by atoms with Crippen LogP contribution in [0.4, 0.5) is 4.39 Å². The number of fused-ring (bicyclic) bond motifs is 1. The van der Waals surface area contributed by atoms with Crippen molar-refractivity contribution in [3.63, 3.8) is 0 Å². The second-order valence-electron chi connectivity index (χ2n) is 13.4. The average Bonchev–Trinajstić information content (AvgIpc) is 3.60. The van der Waals surface area contributed by atoms with Crippen molar-refractivity contribution in [2.24, 2.45) is 0 Å². The molecule has 4 aromatic rings. The average molecular weight is 728 g/mol. The smallest absolute Gasteiger partial charge is 0.255 e. The number of nitrogens with one attached hydrogen (secondary N) is 3. The SMILES string of the molecule is CN(CCCOCCOCCSc1cccc2c1CN(C1CCC(=O)NC1=O)C2=O)Cc1ccc(-c2[nH]c3cc(F)cc4c3c2CCNC4=O)cc1. The summed E-state index contributed by atoms with van der Waals surface area (Å²) in [4.78, 5) is 57.7. The molecular formula is C39H42FN5O6S. The van der Waals surface area contributed by atoms with E-state index in [1.54, 1.807) is 22.7 Å². The van der Waals surface area contributed by atoms with Gasteiger partial charge in [0, 0.05) is 72.0 Å². The Morgan fingerprint density at radius 3 is 2.56 bits per heavy atom. The third-order valence-corrected chi connectivity index (χ3v) is 10.9. The highest BCUT2D eigenvalue weighted by Crippen LogP contribution is 2.36. The van der Waals surface area contributed by atoms with Crippen molar-refractivity contribution in [2.45, 2.75) is 49.7 Å². The molecule has 3 aliphatic rings. The molecular weight excluding hydrogens is 686 g/mol. The summed E-state index contributed by atoms with van der Waals surface area (Å²) in [6, 6.07) is 16.2. The molecule has 3 N–H and O–H groups in total. The van der Waals surface area contributed by atoms with Gasteiger partial charge in [0.15, 0.2) is 0 Å². The zero-order chi connectivity index (χ0) is 36.2. The van der Waals surface area contributed by atoms with E-state index in [1.807, 2.05) is 12.1 Å². The molecule has 52 heavy (non-hydrogen) atoms. The normalized spacial score (nSPS) is 17.1. The number of aromatic amines is 1. The molecule has 0 bridgehead atoms. The number of piperidine rings is 1. The summed E-state index contributed by atoms with van der Waals surface area (Å²) >= 11 is 1.63. The molecule has 13 heteroatoms. The number of nitrogens with zero attached hydrogens (tertiary/aromatic N) is 2. The van der Waals surface area contributed by atoms with E-state index < -0.39 is 17.8 Å². The minimum atomic E-state index is -0.621. The van der Waals surface area contributed by atoms with Gasteiger partial charge in [0.1, 0.15) is 11.9 Å². The van der Waals surface area contributed by atoms with E-state index >= 15 is 0 Å². The number of hydrogen-bond donors (Lipinski definition) is 3. The van der Waals surface area contributed by atoms with E-state index in [2.05, 4.69) is 51.8 Å². The topological polar surface area (TPSA) is 133 Å². The number of aromatic nitrogens is 1. The molecule has 0 radical (unpaired) electrons. The molecule has 1 saturated heterocycles. The maximum atomic E-state index is 14.2. The van der Waals surface area contributed by atoms with Crippen LogP contribution in [0.3, 0.4) is 0 Å². The van der Waals surface area contributed by atoms with E-state index in [-0.39, 0.29) is 24.1 Å². The van der Waals surface area contributed by atoms with Crippen LogP contribution in [0.1, 0.15) is 56.7 Å². The molecule has 11 nitrogen and oxygen atoms in total. The van der Waals surface area contributed by atoms with Crippen LogP contribution in [0.15, 0.2) is 59.5 Å². The summed E-state index contributed by atoms with van der Waals surface area (Å²) in [7, 11) is 2.09. The minimum absolute atomic E-state index is 0.167. The fourth-order valence-electron chi connectivity index (χ4n) is 7.27. The summed E-state index contributed by atoms with van der Waals surface area (Å²) in [6.07, 6.45) is 2.15. The van der Waals surface area contributed by atoms with E-state index in [9.17, 15) is 23.6 Å². The number of ether oxygens (including phenoxy) is 2. The Hall–Kier alpha value is -4.56. The Balaban J connectivity index is 0.787. The lowest BCUT2D eigenvalue weighted by atomic mass is 9.99. The molecule has 3 aromatic carbocycles. The maximum Gasteiger partial charge on any atom is 0.255 e. The predicted molar refractivity (Wildman–Crippen MR) is 196 cm³/mol. The third-order valence-electron chi connectivity index (χ3n) is 9.79. The number of rotatable bonds is 15. The molecule has 4 amide bonds. The standard InChI is InChI=1S/C39H42FN5O6S/c1-44(22-24-6-8-25(9-7-24)36-28-12-13-41-37(47)29-20-26(40)21-31(42-36)35(28)29)14-3-15-50-16-17-51-18-19-52-33-5-2-4-27-30(33)23-45(39(27)49)32-10-11-34(46)43-38(32)48/h2,4-9,20-21,32,42H,3,10-19,22-23H2,1H3,(H,41,47)(H,43,46,48). The Bertz CT molecular complexity index is 2000. The van der Waals surface area contributed by atoms with Gasteiger partial charge in [0.25, 0.3) is 11.8 Å². The van der Waals surface area contributed by atoms with Crippen molar-refractivity contribution in [3.05, 3.63) is 88.2 Å². The second-order valence-corrected chi connectivity index (χ2v) is 14.5. The molecule has 3 aliphatic heterocycles. The van der Waals surface area contributed by atoms with Crippen LogP contribution in [-0.2, 0) is 38.6 Å². The number of benzene rings is 3. The number of thioether (sulfide) groups is 1. The second kappa shape index (κ2) is 16.0. The fourth-order valence-corrected chi connectivity index (χ4v) is 8.21. The van der Waals surface area contributed by atoms with Gasteiger partial charge in [-0.15, -0.1) is 11.8 Å². The molecule has 7 rings (SSSR count). The zero-order valence-electron chi connectivity index (χ0n) is 29.1. The number of carbonyl (C=O) groups excluding carboxylic acids is 4. The minimum Gasteiger partial charge on any atom is -0.379 e. The first-order valence-electron chi connectivity index (χ1n) is 17.7. The van der Waals surface area contributed by atoms with Crippen molar-refractivity contribution < 1.29 is 33.0 Å². The monoisotopic (exact) mass is 727 g/mol. The lowest BCUT2D eigenvalue weighted by Gasteiger charge is -2.29. The molecule has 4 heterocycles. The van der Waals surface area contributed by atoms with E-state index in [4.69, 9.17) is 9.47 Å². The summed E-state index contributed by atoms with van der Waals surface area (Å²) in [5, 5.41) is 6.02. The van der Waals surface area contributed by atoms with Gasteiger partial charge < -0.3 is 29.6 Å². The van der Waals surface area contributed by atoms with Gasteiger partial charge in [-0.25, -0.2) is 4.39 Å². The van der Waals surface area contributed by atoms with E-state index in [1.165, 1.54) is 17.7 Å². The Morgan fingerprint density at radius 2 is 1.75 bits per heavy atom. The molecule has 1 atom stereocenters. The van der Waals surface area contributed by atoms with E-state index in [0.717, 1.165) is 57.9 Å². The Labute approximate surface area is 305 Å². The van der Waals surface area contributed by atoms with Crippen molar-refractivity contribution in [1.29, 1.82) is 0 Å². The van der Waals surface area contributed by atoms with Crippen LogP contribution in [0, 0.1) is 5.82 Å². The van der Waals surface area contributed by atoms with Gasteiger partial charge in [-0.2, -0.15) is 0 Å². The van der Waals surface area contributed by atoms with Crippen LogP contribution in [0.25, 0.3) is 22.2 Å². The Kier molecular flexibility index (Phi) is 11.0. The highest BCUT2D eigenvalue weighted by Gasteiger charge is 2.39. The van der Waals surface area contributed by atoms with Crippen LogP contribution in [-0.4, -0.2) is 96.8 Å². The van der Waals surface area contributed by atoms with Crippen LogP contribution >= 0.6 is 11.8 Å². The summed E-state index contributed by atoms with van der Waals surface area (Å²) in [5.74, 6) is -0.821. The van der Waals surface area contributed by atoms with Crippen molar-refractivity contribution in [3.8, 4) is 11.3 Å². The first-order chi connectivity index (χ1) is 25.3. The van der Waals surface area contributed by atoms with Crippen molar-refractivity contribution in [2.75, 3.05) is 52.3 Å². The van der Waals surface area contributed by atoms with Gasteiger partial charge in [0.2, 0.25) is 11.8 Å². The third kappa shape index (κ3) is 7.77. The first kappa shape index (κ1) is 35.8. The number of halogens is 1. The Morgan fingerprint density at radius 1 is 0.942 bits per heavy atom. The molecule has 1 fully saturated rings. The number of hydrogen-bond acceptors (Lipinski definition) is 8. The fraction of sp³-hybridized carbons (Fsp3) is 0.385. The molecule has 0 spiro atoms. The quantitative estimate of drug-likeness (QED) is 0.0915. The molecule has 1 unspecified atom stereocenters. The first-order valence-corrected chi connectivity index (χ1v) is 18.7. The van der Waals surface area contributed by atoms with Gasteiger partial charge >= 0.3 is 0 Å². The number of amides is 4. The highest BCUT2D eigenvalue weighted by molar-refractivity contribution is 7.99. The van der Waals surface area contributed by atoms with Crippen LogP contribution in [0.2, 0.25) is 0 Å². The van der Waals surface area contributed by atoms with Crippen LogP contribution < -0.4 is 10.6 Å². The largest absolute Gasteiger partial charge is 0.379 e. The lowest BCUT2D eigenvalue weighted by molar-refractivity contribution is -0.136. The predicted octanol–water partition coefficient (Wildman–Crippen LogP) is 4.67. The van der Waals surface area contributed by atoms with E-state index in [0.29, 0.717) is 69.0 Å². The summed E-state index contributed by atoms with van der Waals surface area (Å²) < 4.78 is 25.8. The lowest BCUT2D eigenvalue weighted by Crippen LogP contribution is -2.52. The molecule has 0 aliphatic carbocycles. The summed E-state index contributed by atoms with van der Waals surface area (Å²) in [5.41, 5.74) is 6.71. The molecule has 0 saturated carbocycles. The van der Waals surface area contributed by atoms with Crippen LogP contribution in [0.5, 0.6) is 0 Å². The molecule has 272 valence electrons. The summed E-state index contributed by atoms with van der Waals surface area (Å²) in [6.45, 7) is 4.74. The number of imide groups is 1. The maximum absolute atomic E-state index is 14.2. The van der Waals surface area contributed by atoms with Crippen molar-refractivity contribution >= 4 is 46.3 Å². The zero-order valence-corrected chi connectivity index (χ0v) is 29.9.